The van der Waals surface area contributed by atoms with Crippen LogP contribution in [0.25, 0.3) is 16.6 Å². The lowest BCUT2D eigenvalue weighted by molar-refractivity contribution is -0.147. The normalized spacial score (nSPS) is 15.2. The van der Waals surface area contributed by atoms with Crippen LogP contribution in [0, 0.1) is 22.7 Å². The zero-order valence-electron chi connectivity index (χ0n) is 21.1. The first-order valence-electron chi connectivity index (χ1n) is 12.3. The molecule has 0 radical (unpaired) electrons. The zero-order chi connectivity index (χ0) is 25.7. The van der Waals surface area contributed by atoms with Gasteiger partial charge in [-0.15, -0.1) is 0 Å². The number of aliphatic hydroxyl groups is 1. The van der Waals surface area contributed by atoms with Crippen LogP contribution in [0.1, 0.15) is 45.6 Å². The predicted octanol–water partition coefficient (Wildman–Crippen LogP) is 3.83. The first kappa shape index (κ1) is 25.5. The Balaban J connectivity index is 1.48. The van der Waals surface area contributed by atoms with Gasteiger partial charge in [-0.25, -0.2) is 9.50 Å². The molecule has 1 N–H and O–H groups in total. The van der Waals surface area contributed by atoms with Crippen molar-refractivity contribution < 1.29 is 19.4 Å². The number of piperidine rings is 1. The lowest BCUT2D eigenvalue weighted by Gasteiger charge is -2.39. The van der Waals surface area contributed by atoms with E-state index in [0.29, 0.717) is 35.8 Å². The monoisotopic (exact) mass is 491 g/mol. The smallest absolute Gasteiger partial charge is 0.306 e. The molecule has 0 bridgehead atoms. The summed E-state index contributed by atoms with van der Waals surface area (Å²) in [6.07, 6.45) is 7.24. The average Bonchev–Trinajstić information content (AvgIpc) is 3.29. The Hall–Kier alpha value is -3.64. The van der Waals surface area contributed by atoms with Crippen LogP contribution in [0.3, 0.4) is 0 Å². The average molecular weight is 492 g/mol. The van der Waals surface area contributed by atoms with Crippen LogP contribution in [0.15, 0.2) is 36.8 Å². The van der Waals surface area contributed by atoms with E-state index in [1.165, 1.54) is 6.20 Å². The molecule has 36 heavy (non-hydrogen) atoms. The number of ether oxygens (including phenoxy) is 2. The van der Waals surface area contributed by atoms with Crippen molar-refractivity contribution in [3.8, 4) is 22.9 Å². The SMILES string of the molecule is CC(C)COC(=O)CC1(C)CCN(c2ccc(-c3cc(OCCO)cn4ncc(C#N)c34)cn2)CC1. The summed E-state index contributed by atoms with van der Waals surface area (Å²) in [5, 5.41) is 22.9. The molecule has 1 fully saturated rings. The fourth-order valence-electron chi connectivity index (χ4n) is 4.49. The van der Waals surface area contributed by atoms with Crippen molar-refractivity contribution in [1.29, 1.82) is 5.26 Å². The fourth-order valence-corrected chi connectivity index (χ4v) is 4.49. The molecule has 3 aromatic heterocycles. The van der Waals surface area contributed by atoms with E-state index in [9.17, 15) is 10.1 Å². The van der Waals surface area contributed by atoms with E-state index >= 15 is 0 Å². The van der Waals surface area contributed by atoms with Gasteiger partial charge >= 0.3 is 5.97 Å². The molecule has 0 aromatic carbocycles. The number of carbonyl (C=O) groups excluding carboxylic acids is 1. The van der Waals surface area contributed by atoms with Crippen molar-refractivity contribution in [3.05, 3.63) is 42.4 Å². The molecule has 190 valence electrons. The number of esters is 1. The number of pyridine rings is 2. The van der Waals surface area contributed by atoms with Crippen LogP contribution >= 0.6 is 0 Å². The number of aromatic nitrogens is 3. The van der Waals surface area contributed by atoms with Crippen molar-refractivity contribution in [2.75, 3.05) is 37.8 Å². The van der Waals surface area contributed by atoms with Crippen molar-refractivity contribution >= 4 is 17.3 Å². The number of anilines is 1. The van der Waals surface area contributed by atoms with Gasteiger partial charge in [-0.1, -0.05) is 20.8 Å². The van der Waals surface area contributed by atoms with E-state index in [0.717, 1.165) is 42.9 Å². The van der Waals surface area contributed by atoms with Crippen LogP contribution in [0.2, 0.25) is 0 Å². The molecule has 0 saturated carbocycles. The summed E-state index contributed by atoms with van der Waals surface area (Å²) in [7, 11) is 0. The van der Waals surface area contributed by atoms with Gasteiger partial charge < -0.3 is 19.5 Å². The third kappa shape index (κ3) is 5.77. The quantitative estimate of drug-likeness (QED) is 0.449. The molecule has 1 aliphatic heterocycles. The Kier molecular flexibility index (Phi) is 7.75. The van der Waals surface area contributed by atoms with E-state index in [4.69, 9.17) is 19.6 Å². The van der Waals surface area contributed by atoms with E-state index in [1.807, 2.05) is 32.0 Å². The number of hydrogen-bond acceptors (Lipinski definition) is 8. The second kappa shape index (κ2) is 11.0. The Labute approximate surface area is 211 Å². The molecule has 9 heteroatoms. The fraction of sp³-hybridized carbons (Fsp3) is 0.481. The number of rotatable bonds is 9. The highest BCUT2D eigenvalue weighted by molar-refractivity contribution is 5.85. The van der Waals surface area contributed by atoms with E-state index in [-0.39, 0.29) is 24.6 Å². The summed E-state index contributed by atoms with van der Waals surface area (Å²) in [5.74, 6) is 1.64. The minimum atomic E-state index is -0.116. The van der Waals surface area contributed by atoms with Gasteiger partial charge in [-0.2, -0.15) is 10.4 Å². The Morgan fingerprint density at radius 1 is 1.28 bits per heavy atom. The molecule has 0 spiro atoms. The van der Waals surface area contributed by atoms with Gasteiger partial charge in [0.1, 0.15) is 24.2 Å². The molecule has 0 atom stereocenters. The zero-order valence-corrected chi connectivity index (χ0v) is 21.1. The van der Waals surface area contributed by atoms with Crippen molar-refractivity contribution in [2.45, 2.75) is 40.0 Å². The molecular weight excluding hydrogens is 458 g/mol. The summed E-state index contributed by atoms with van der Waals surface area (Å²) >= 11 is 0. The van der Waals surface area contributed by atoms with Crippen molar-refractivity contribution in [2.24, 2.45) is 11.3 Å². The summed E-state index contributed by atoms with van der Waals surface area (Å²) in [6, 6.07) is 8.00. The van der Waals surface area contributed by atoms with Crippen LogP contribution in [-0.2, 0) is 9.53 Å². The van der Waals surface area contributed by atoms with Crippen LogP contribution in [0.5, 0.6) is 5.75 Å². The Morgan fingerprint density at radius 2 is 2.06 bits per heavy atom. The number of nitrogens with zero attached hydrogens (tertiary/aromatic N) is 5. The molecule has 0 unspecified atom stereocenters. The number of fused-ring (bicyclic) bond motifs is 1. The molecular formula is C27H33N5O4. The topological polar surface area (TPSA) is 113 Å². The van der Waals surface area contributed by atoms with Crippen LogP contribution < -0.4 is 9.64 Å². The number of hydrogen-bond donors (Lipinski definition) is 1. The summed E-state index contributed by atoms with van der Waals surface area (Å²) < 4.78 is 12.6. The van der Waals surface area contributed by atoms with Gasteiger partial charge in [0.05, 0.1) is 43.1 Å². The molecule has 9 nitrogen and oxygen atoms in total. The van der Waals surface area contributed by atoms with E-state index < -0.39 is 0 Å². The molecule has 4 heterocycles. The second-order valence-electron chi connectivity index (χ2n) is 10.1. The number of carbonyl (C=O) groups is 1. The number of aliphatic hydroxyl groups excluding tert-OH is 1. The third-order valence-electron chi connectivity index (χ3n) is 6.57. The number of nitriles is 1. The molecule has 4 rings (SSSR count). The molecule has 0 amide bonds. The maximum absolute atomic E-state index is 12.3. The summed E-state index contributed by atoms with van der Waals surface area (Å²) in [6.45, 7) is 8.40. The van der Waals surface area contributed by atoms with Gasteiger partial charge in [0.25, 0.3) is 0 Å². The molecule has 0 aliphatic carbocycles. The minimum absolute atomic E-state index is 0.0686. The minimum Gasteiger partial charge on any atom is -0.490 e. The third-order valence-corrected chi connectivity index (χ3v) is 6.57. The maximum atomic E-state index is 12.3. The largest absolute Gasteiger partial charge is 0.490 e. The highest BCUT2D eigenvalue weighted by Gasteiger charge is 2.33. The van der Waals surface area contributed by atoms with Gasteiger partial charge in [-0.3, -0.25) is 4.79 Å². The standard InChI is InChI=1S/C27H33N5O4/c1-19(2)18-36-25(34)13-27(3)6-8-31(9-7-27)24-5-4-20(15-29-24)23-12-22(35-11-10-33)17-32-26(23)21(14-28)16-30-32/h4-5,12,15-17,19,33H,6-11,13,18H2,1-3H3. The Bertz CT molecular complexity index is 1240. The second-order valence-corrected chi connectivity index (χ2v) is 10.1. The van der Waals surface area contributed by atoms with E-state index in [1.54, 1.807) is 16.9 Å². The van der Waals surface area contributed by atoms with Crippen molar-refractivity contribution in [3.63, 3.8) is 0 Å². The lowest BCUT2D eigenvalue weighted by Crippen LogP contribution is -2.40. The van der Waals surface area contributed by atoms with Gasteiger partial charge in [-0.05, 0) is 42.4 Å². The van der Waals surface area contributed by atoms with Gasteiger partial charge in [0.2, 0.25) is 0 Å². The predicted molar refractivity (Wildman–Crippen MR) is 136 cm³/mol. The maximum Gasteiger partial charge on any atom is 0.306 e. The van der Waals surface area contributed by atoms with Crippen molar-refractivity contribution in [1.82, 2.24) is 14.6 Å². The molecule has 1 aliphatic rings. The first-order chi connectivity index (χ1) is 17.3. The Morgan fingerprint density at radius 3 is 2.69 bits per heavy atom. The molecule has 1 saturated heterocycles. The van der Waals surface area contributed by atoms with Crippen LogP contribution in [0.4, 0.5) is 5.82 Å². The first-order valence-corrected chi connectivity index (χ1v) is 12.3. The highest BCUT2D eigenvalue weighted by atomic mass is 16.5. The summed E-state index contributed by atoms with van der Waals surface area (Å²) in [4.78, 5) is 19.2. The highest BCUT2D eigenvalue weighted by Crippen LogP contribution is 2.37. The molecule has 3 aromatic rings. The van der Waals surface area contributed by atoms with E-state index in [2.05, 4.69) is 23.0 Å². The summed E-state index contributed by atoms with van der Waals surface area (Å²) in [5.41, 5.74) is 2.70. The van der Waals surface area contributed by atoms with Gasteiger partial charge in [0, 0.05) is 30.4 Å². The van der Waals surface area contributed by atoms with Crippen LogP contribution in [-0.4, -0.2) is 58.6 Å². The lowest BCUT2D eigenvalue weighted by atomic mass is 9.77. The van der Waals surface area contributed by atoms with Gasteiger partial charge in [0.15, 0.2) is 0 Å².